The minimum Gasteiger partial charge on any atom is -0.453 e. The van der Waals surface area contributed by atoms with Crippen molar-refractivity contribution < 1.29 is 14.6 Å². The first-order valence-electron chi connectivity index (χ1n) is 11.9. The van der Waals surface area contributed by atoms with Crippen LogP contribution >= 0.6 is 0 Å². The predicted molar refractivity (Wildman–Crippen MR) is 126 cm³/mol. The molecule has 0 aromatic heterocycles. The van der Waals surface area contributed by atoms with Gasteiger partial charge in [-0.25, -0.2) is 0 Å². The van der Waals surface area contributed by atoms with Gasteiger partial charge < -0.3 is 9.84 Å². The Hall–Kier alpha value is -1.89. The van der Waals surface area contributed by atoms with Crippen molar-refractivity contribution in [3.63, 3.8) is 0 Å². The van der Waals surface area contributed by atoms with Crippen LogP contribution in [0.4, 0.5) is 0 Å². The van der Waals surface area contributed by atoms with Crippen molar-refractivity contribution in [2.45, 2.75) is 123 Å². The molecule has 0 aliphatic rings. The minimum absolute atomic E-state index is 0.0475. The lowest BCUT2D eigenvalue weighted by Gasteiger charge is -2.03. The van der Waals surface area contributed by atoms with Gasteiger partial charge in [-0.1, -0.05) is 77.1 Å². The Kier molecular flexibility index (Phi) is 21.9. The molecular formula is C27H42O3. The molecule has 0 saturated carbocycles. The van der Waals surface area contributed by atoms with Crippen LogP contribution in [0.1, 0.15) is 117 Å². The third-order valence-corrected chi connectivity index (χ3v) is 4.80. The van der Waals surface area contributed by atoms with Crippen molar-refractivity contribution in [3.05, 3.63) is 0 Å². The van der Waals surface area contributed by atoms with Crippen molar-refractivity contribution in [3.8, 4) is 35.5 Å². The van der Waals surface area contributed by atoms with Gasteiger partial charge in [-0.3, -0.25) is 4.79 Å². The summed E-state index contributed by atoms with van der Waals surface area (Å²) in [4.78, 5) is 10.5. The van der Waals surface area contributed by atoms with Gasteiger partial charge >= 0.3 is 5.97 Å². The first kappa shape index (κ1) is 28.1. The van der Waals surface area contributed by atoms with Gasteiger partial charge in [0.05, 0.1) is 0 Å². The van der Waals surface area contributed by atoms with E-state index in [1.807, 2.05) is 0 Å². The van der Waals surface area contributed by atoms with Crippen molar-refractivity contribution >= 4 is 5.97 Å². The van der Waals surface area contributed by atoms with Crippen LogP contribution in [0.25, 0.3) is 0 Å². The van der Waals surface area contributed by atoms with Crippen molar-refractivity contribution in [2.75, 3.05) is 6.61 Å². The monoisotopic (exact) mass is 414 g/mol. The van der Waals surface area contributed by atoms with Gasteiger partial charge in [0.2, 0.25) is 0 Å². The number of esters is 1. The standard InChI is InChI=1S/C27H42O3/c1-3-4-5-6-7-8-9-10-11-12-13-14-15-16-17-18-20-23-27(29)24-21-19-22-25-30-26(2)28/h27,29H,3-9,12-18,20,23,25H2,1-2H3/t27-/m1/s1. The zero-order valence-electron chi connectivity index (χ0n) is 19.4. The van der Waals surface area contributed by atoms with E-state index in [0.717, 1.165) is 25.7 Å². The second kappa shape index (κ2) is 23.4. The summed E-state index contributed by atoms with van der Waals surface area (Å²) in [5, 5.41) is 9.78. The summed E-state index contributed by atoms with van der Waals surface area (Å²) in [5.74, 6) is 16.8. The topological polar surface area (TPSA) is 46.5 Å². The molecule has 0 aromatic carbocycles. The van der Waals surface area contributed by atoms with E-state index in [-0.39, 0.29) is 12.6 Å². The molecule has 0 amide bonds. The van der Waals surface area contributed by atoms with Crippen LogP contribution in [0.3, 0.4) is 0 Å². The lowest BCUT2D eigenvalue weighted by atomic mass is 10.1. The summed E-state index contributed by atoms with van der Waals surface area (Å²) in [6.45, 7) is 3.64. The number of aliphatic hydroxyl groups is 1. The average Bonchev–Trinajstić information content (AvgIpc) is 2.72. The number of hydrogen-bond donors (Lipinski definition) is 1. The first-order valence-corrected chi connectivity index (χ1v) is 11.9. The highest BCUT2D eigenvalue weighted by molar-refractivity contribution is 5.66. The van der Waals surface area contributed by atoms with Gasteiger partial charge in [-0.15, -0.1) is 11.8 Å². The van der Waals surface area contributed by atoms with Crippen LogP contribution < -0.4 is 0 Å². The van der Waals surface area contributed by atoms with Gasteiger partial charge in [0.1, 0.15) is 6.10 Å². The molecule has 0 saturated heterocycles. The molecule has 0 bridgehead atoms. The zero-order valence-corrected chi connectivity index (χ0v) is 19.4. The van der Waals surface area contributed by atoms with Crippen LogP contribution in [0, 0.1) is 35.5 Å². The SMILES string of the molecule is CCCCCCCCC#CCCCCCCCCC[C@@H](O)C#CC#CCOC(C)=O. The molecule has 0 unspecified atom stereocenters. The van der Waals surface area contributed by atoms with E-state index < -0.39 is 6.10 Å². The highest BCUT2D eigenvalue weighted by Crippen LogP contribution is 2.10. The smallest absolute Gasteiger partial charge is 0.303 e. The fourth-order valence-electron chi connectivity index (χ4n) is 3.02. The van der Waals surface area contributed by atoms with Crippen molar-refractivity contribution in [2.24, 2.45) is 0 Å². The maximum absolute atomic E-state index is 10.5. The fourth-order valence-corrected chi connectivity index (χ4v) is 3.02. The van der Waals surface area contributed by atoms with E-state index in [9.17, 15) is 9.90 Å². The molecule has 0 aromatic rings. The third kappa shape index (κ3) is 24.1. The number of rotatable bonds is 16. The van der Waals surface area contributed by atoms with Crippen LogP contribution in [-0.4, -0.2) is 23.8 Å². The Bertz CT molecular complexity index is 589. The van der Waals surface area contributed by atoms with Crippen molar-refractivity contribution in [1.82, 2.24) is 0 Å². The Morgan fingerprint density at radius 2 is 1.30 bits per heavy atom. The van der Waals surface area contributed by atoms with E-state index in [2.05, 4.69) is 47.2 Å². The maximum atomic E-state index is 10.5. The second-order valence-electron chi connectivity index (χ2n) is 7.75. The quantitative estimate of drug-likeness (QED) is 0.186. The molecular weight excluding hydrogens is 372 g/mol. The molecule has 0 fully saturated rings. The maximum Gasteiger partial charge on any atom is 0.303 e. The number of carbonyl (C=O) groups is 1. The summed E-state index contributed by atoms with van der Waals surface area (Å²) in [7, 11) is 0. The Morgan fingerprint density at radius 1 is 0.767 bits per heavy atom. The van der Waals surface area contributed by atoms with Crippen LogP contribution in [0.2, 0.25) is 0 Å². The molecule has 0 radical (unpaired) electrons. The normalized spacial score (nSPS) is 10.6. The molecule has 1 N–H and O–H groups in total. The number of aliphatic hydroxyl groups excluding tert-OH is 1. The largest absolute Gasteiger partial charge is 0.453 e. The van der Waals surface area contributed by atoms with Gasteiger partial charge in [0.25, 0.3) is 0 Å². The molecule has 168 valence electrons. The highest BCUT2D eigenvalue weighted by Gasteiger charge is 1.98. The Balaban J connectivity index is 3.39. The van der Waals surface area contributed by atoms with Crippen LogP contribution in [0.5, 0.6) is 0 Å². The first-order chi connectivity index (χ1) is 14.7. The highest BCUT2D eigenvalue weighted by atomic mass is 16.5. The Labute approximate surface area is 185 Å². The number of hydrogen-bond acceptors (Lipinski definition) is 3. The summed E-state index contributed by atoms with van der Waals surface area (Å²) in [6.07, 6.45) is 18.6. The summed E-state index contributed by atoms with van der Waals surface area (Å²) >= 11 is 0. The molecule has 0 rings (SSSR count). The fraction of sp³-hybridized carbons (Fsp3) is 0.741. The molecule has 1 atom stereocenters. The van der Waals surface area contributed by atoms with Gasteiger partial charge in [0.15, 0.2) is 6.61 Å². The van der Waals surface area contributed by atoms with Crippen LogP contribution in [0.15, 0.2) is 0 Å². The van der Waals surface area contributed by atoms with E-state index in [0.29, 0.717) is 6.42 Å². The zero-order chi connectivity index (χ0) is 22.1. The minimum atomic E-state index is -0.622. The number of carbonyl (C=O) groups excluding carboxylic acids is 1. The average molecular weight is 415 g/mol. The van der Waals surface area contributed by atoms with E-state index in [4.69, 9.17) is 0 Å². The van der Waals surface area contributed by atoms with E-state index >= 15 is 0 Å². The molecule has 0 aliphatic heterocycles. The summed E-state index contributed by atoms with van der Waals surface area (Å²) < 4.78 is 4.67. The number of ether oxygens (including phenoxy) is 1. The third-order valence-electron chi connectivity index (χ3n) is 4.80. The van der Waals surface area contributed by atoms with E-state index in [1.54, 1.807) is 0 Å². The molecule has 3 heteroatoms. The lowest BCUT2D eigenvalue weighted by molar-refractivity contribution is -0.139. The van der Waals surface area contributed by atoms with Crippen LogP contribution in [-0.2, 0) is 9.53 Å². The molecule has 0 heterocycles. The molecule has 0 aliphatic carbocycles. The van der Waals surface area contributed by atoms with E-state index in [1.165, 1.54) is 77.6 Å². The number of unbranched alkanes of at least 4 members (excludes halogenated alkanes) is 13. The lowest BCUT2D eigenvalue weighted by Crippen LogP contribution is -2.02. The van der Waals surface area contributed by atoms with Gasteiger partial charge in [-0.05, 0) is 43.4 Å². The van der Waals surface area contributed by atoms with Crippen molar-refractivity contribution in [1.29, 1.82) is 0 Å². The predicted octanol–water partition coefficient (Wildman–Crippen LogP) is 6.18. The second-order valence-corrected chi connectivity index (χ2v) is 7.75. The van der Waals surface area contributed by atoms with Gasteiger partial charge in [-0.2, -0.15) is 0 Å². The summed E-state index contributed by atoms with van der Waals surface area (Å²) in [5.41, 5.74) is 0. The molecule has 3 nitrogen and oxygen atoms in total. The van der Waals surface area contributed by atoms with Gasteiger partial charge in [0, 0.05) is 19.8 Å². The Morgan fingerprint density at radius 3 is 1.87 bits per heavy atom. The molecule has 30 heavy (non-hydrogen) atoms. The summed E-state index contributed by atoms with van der Waals surface area (Å²) in [6, 6.07) is 0. The molecule has 0 spiro atoms.